The van der Waals surface area contributed by atoms with Crippen LogP contribution in [0, 0.1) is 0 Å². The summed E-state index contributed by atoms with van der Waals surface area (Å²) >= 11 is 0. The summed E-state index contributed by atoms with van der Waals surface area (Å²) in [5.41, 5.74) is 3.58. The van der Waals surface area contributed by atoms with Crippen LogP contribution in [-0.2, 0) is 6.42 Å². The average molecular weight is 408 g/mol. The van der Waals surface area contributed by atoms with Gasteiger partial charge in [-0.05, 0) is 46.0 Å². The van der Waals surface area contributed by atoms with E-state index in [0.29, 0.717) is 12.0 Å². The van der Waals surface area contributed by atoms with E-state index in [4.69, 9.17) is 0 Å². The minimum Gasteiger partial charge on any atom is -0.394 e. The van der Waals surface area contributed by atoms with Gasteiger partial charge in [0.1, 0.15) is 0 Å². The zero-order chi connectivity index (χ0) is 21.5. The van der Waals surface area contributed by atoms with Gasteiger partial charge in [0.2, 0.25) is 0 Å². The predicted molar refractivity (Wildman–Crippen MR) is 128 cm³/mol. The number of carbonyl (C=O) groups excluding carboxylic acids is 1. The third kappa shape index (κ3) is 5.27. The van der Waals surface area contributed by atoms with Gasteiger partial charge < -0.3 is 10.4 Å². The summed E-state index contributed by atoms with van der Waals surface area (Å²) in [5.74, 6) is -0.186. The monoisotopic (exact) mass is 407 g/mol. The van der Waals surface area contributed by atoms with Gasteiger partial charge >= 0.3 is 0 Å². The van der Waals surface area contributed by atoms with Crippen LogP contribution in [0.5, 0.6) is 0 Å². The van der Waals surface area contributed by atoms with Gasteiger partial charge in [0.25, 0.3) is 5.91 Å². The van der Waals surface area contributed by atoms with E-state index in [0.717, 1.165) is 16.7 Å². The van der Waals surface area contributed by atoms with Gasteiger partial charge in [-0.3, -0.25) is 4.79 Å². The molecule has 0 spiro atoms. The molecular weight excluding hydrogens is 382 g/mol. The van der Waals surface area contributed by atoms with Crippen molar-refractivity contribution in [2.75, 3.05) is 6.61 Å². The van der Waals surface area contributed by atoms with Gasteiger partial charge in [0.05, 0.1) is 12.6 Å². The number of hydrogen-bond donors (Lipinski definition) is 2. The van der Waals surface area contributed by atoms with Crippen LogP contribution in [0.1, 0.15) is 27.0 Å². The maximum atomic E-state index is 13.0. The van der Waals surface area contributed by atoms with Crippen molar-refractivity contribution in [3.63, 3.8) is 0 Å². The van der Waals surface area contributed by atoms with Gasteiger partial charge in [-0.1, -0.05) is 97.1 Å². The Kier molecular flexibility index (Phi) is 6.56. The number of aliphatic hydroxyl groups is 1. The fourth-order valence-corrected chi connectivity index (χ4v) is 3.67. The van der Waals surface area contributed by atoms with Crippen LogP contribution in [0.25, 0.3) is 22.9 Å². The van der Waals surface area contributed by atoms with Crippen molar-refractivity contribution in [1.82, 2.24) is 5.32 Å². The van der Waals surface area contributed by atoms with Crippen molar-refractivity contribution in [2.24, 2.45) is 0 Å². The summed E-state index contributed by atoms with van der Waals surface area (Å²) in [6.45, 7) is -0.115. The number of rotatable bonds is 7. The lowest BCUT2D eigenvalue weighted by Gasteiger charge is -2.17. The second-order valence-corrected chi connectivity index (χ2v) is 7.57. The molecule has 0 bridgehead atoms. The number of amides is 1. The molecule has 0 aliphatic rings. The summed E-state index contributed by atoms with van der Waals surface area (Å²) < 4.78 is 0. The highest BCUT2D eigenvalue weighted by Gasteiger charge is 2.15. The lowest BCUT2D eigenvalue weighted by molar-refractivity contribution is 0.0916. The Hall–Kier alpha value is -3.69. The molecule has 4 aromatic rings. The number of fused-ring (bicyclic) bond motifs is 1. The van der Waals surface area contributed by atoms with Crippen LogP contribution in [0.4, 0.5) is 0 Å². The predicted octanol–water partition coefficient (Wildman–Crippen LogP) is 5.34. The first kappa shape index (κ1) is 20.6. The molecule has 3 nitrogen and oxygen atoms in total. The highest BCUT2D eigenvalue weighted by molar-refractivity contribution is 5.99. The third-order valence-electron chi connectivity index (χ3n) is 5.31. The quantitative estimate of drug-likeness (QED) is 0.406. The largest absolute Gasteiger partial charge is 0.394 e. The maximum absolute atomic E-state index is 13.0. The molecule has 4 aromatic carbocycles. The summed E-state index contributed by atoms with van der Waals surface area (Å²) in [7, 11) is 0. The highest BCUT2D eigenvalue weighted by Crippen LogP contribution is 2.19. The molecule has 31 heavy (non-hydrogen) atoms. The first-order valence-corrected chi connectivity index (χ1v) is 10.4. The number of nitrogens with one attached hydrogen (secondary N) is 1. The minimum atomic E-state index is -0.340. The van der Waals surface area contributed by atoms with E-state index in [1.54, 1.807) is 0 Å². The van der Waals surface area contributed by atoms with Gasteiger partial charge in [0.15, 0.2) is 0 Å². The number of carbonyl (C=O) groups is 1. The summed E-state index contributed by atoms with van der Waals surface area (Å²) in [4.78, 5) is 13.0. The third-order valence-corrected chi connectivity index (χ3v) is 5.31. The Bertz CT molecular complexity index is 1200. The molecule has 1 amide bonds. The molecule has 0 radical (unpaired) electrons. The van der Waals surface area contributed by atoms with Crippen molar-refractivity contribution in [2.45, 2.75) is 12.5 Å². The lowest BCUT2D eigenvalue weighted by atomic mass is 10.0. The van der Waals surface area contributed by atoms with E-state index in [9.17, 15) is 9.90 Å². The molecule has 0 aliphatic carbocycles. The van der Waals surface area contributed by atoms with Crippen molar-refractivity contribution >= 4 is 28.8 Å². The van der Waals surface area contributed by atoms with Crippen molar-refractivity contribution in [1.29, 1.82) is 0 Å². The Morgan fingerprint density at radius 2 is 1.52 bits per heavy atom. The Balaban J connectivity index is 1.51. The van der Waals surface area contributed by atoms with E-state index in [-0.39, 0.29) is 18.6 Å². The second-order valence-electron chi connectivity index (χ2n) is 7.57. The van der Waals surface area contributed by atoms with Gasteiger partial charge in [-0.15, -0.1) is 0 Å². The molecular formula is C28H25NO2. The Morgan fingerprint density at radius 1 is 0.806 bits per heavy atom. The van der Waals surface area contributed by atoms with Crippen molar-refractivity contribution in [3.05, 3.63) is 119 Å². The molecule has 154 valence electrons. The van der Waals surface area contributed by atoms with Crippen LogP contribution in [0.2, 0.25) is 0 Å². The molecule has 4 rings (SSSR count). The van der Waals surface area contributed by atoms with Crippen molar-refractivity contribution < 1.29 is 9.90 Å². The summed E-state index contributed by atoms with van der Waals surface area (Å²) in [6.07, 6.45) is 4.56. The lowest BCUT2D eigenvalue weighted by Crippen LogP contribution is -2.39. The fraction of sp³-hybridized carbons (Fsp3) is 0.107. The van der Waals surface area contributed by atoms with Crippen LogP contribution in [0.3, 0.4) is 0 Å². The smallest absolute Gasteiger partial charge is 0.252 e. The normalized spacial score (nSPS) is 12.2. The standard InChI is InChI=1S/C28H25NO2/c30-20-26(19-21-8-2-1-3-9-21)29-28(31)27-13-7-6-11-24(27)17-15-22-14-16-23-10-4-5-12-25(23)18-22/h1-18,26,30H,19-20H2,(H,29,31)/b17-15+/t26-/m0/s1. The maximum Gasteiger partial charge on any atom is 0.252 e. The fourth-order valence-electron chi connectivity index (χ4n) is 3.67. The zero-order valence-corrected chi connectivity index (χ0v) is 17.2. The molecule has 2 N–H and O–H groups in total. The molecule has 0 saturated carbocycles. The topological polar surface area (TPSA) is 49.3 Å². The first-order valence-electron chi connectivity index (χ1n) is 10.4. The molecule has 0 saturated heterocycles. The van der Waals surface area contributed by atoms with Gasteiger partial charge in [-0.25, -0.2) is 0 Å². The minimum absolute atomic E-state index is 0.115. The molecule has 0 aromatic heterocycles. The average Bonchev–Trinajstić information content (AvgIpc) is 2.83. The van der Waals surface area contributed by atoms with E-state index >= 15 is 0 Å². The molecule has 0 heterocycles. The zero-order valence-electron chi connectivity index (χ0n) is 17.2. The van der Waals surface area contributed by atoms with Crippen LogP contribution in [0.15, 0.2) is 97.1 Å². The van der Waals surface area contributed by atoms with Crippen LogP contribution >= 0.6 is 0 Å². The number of aliphatic hydroxyl groups excluding tert-OH is 1. The van der Waals surface area contributed by atoms with E-state index < -0.39 is 0 Å². The van der Waals surface area contributed by atoms with E-state index in [1.165, 1.54) is 10.8 Å². The Labute approximate surface area is 182 Å². The van der Waals surface area contributed by atoms with Gasteiger partial charge in [-0.2, -0.15) is 0 Å². The molecule has 0 unspecified atom stereocenters. The number of hydrogen-bond acceptors (Lipinski definition) is 2. The van der Waals surface area contributed by atoms with E-state index in [2.05, 4.69) is 35.6 Å². The van der Waals surface area contributed by atoms with Crippen molar-refractivity contribution in [3.8, 4) is 0 Å². The molecule has 1 atom stereocenters. The Morgan fingerprint density at radius 3 is 2.32 bits per heavy atom. The molecule has 0 fully saturated rings. The van der Waals surface area contributed by atoms with Gasteiger partial charge in [0, 0.05) is 5.56 Å². The summed E-state index contributed by atoms with van der Waals surface area (Å²) in [6, 6.07) is 31.6. The SMILES string of the molecule is O=C(N[C@H](CO)Cc1ccccc1)c1ccccc1/C=C/c1ccc2ccccc2c1. The van der Waals surface area contributed by atoms with E-state index in [1.807, 2.05) is 78.9 Å². The first-order chi connectivity index (χ1) is 15.2. The summed E-state index contributed by atoms with van der Waals surface area (Å²) in [5, 5.41) is 15.1. The number of benzene rings is 4. The van der Waals surface area contributed by atoms with Crippen LogP contribution < -0.4 is 5.32 Å². The van der Waals surface area contributed by atoms with Crippen LogP contribution in [-0.4, -0.2) is 23.7 Å². The molecule has 0 aliphatic heterocycles. The second kappa shape index (κ2) is 9.88. The molecule has 3 heteroatoms. The highest BCUT2D eigenvalue weighted by atomic mass is 16.3.